The van der Waals surface area contributed by atoms with Crippen LogP contribution >= 0.6 is 0 Å². The first-order chi connectivity index (χ1) is 6.13. The van der Waals surface area contributed by atoms with Crippen molar-refractivity contribution in [3.8, 4) is 0 Å². The highest BCUT2D eigenvalue weighted by atomic mass is 16.5. The van der Waals surface area contributed by atoms with Gasteiger partial charge in [0.1, 0.15) is 11.6 Å². The standard InChI is InChI=1S/C9H15N3O/c1-6-5-11-8(12-9(6)10)4-7(2)13-3/h5,7H,4H2,1-3H3,(H2,10,11,12). The maximum atomic E-state index is 5.65. The summed E-state index contributed by atoms with van der Waals surface area (Å²) in [6.07, 6.45) is 2.56. The second-order valence-electron chi connectivity index (χ2n) is 3.10. The van der Waals surface area contributed by atoms with E-state index in [2.05, 4.69) is 9.97 Å². The Morgan fingerprint density at radius 2 is 2.31 bits per heavy atom. The van der Waals surface area contributed by atoms with Crippen molar-refractivity contribution in [2.75, 3.05) is 12.8 Å². The predicted molar refractivity (Wildman–Crippen MR) is 51.4 cm³/mol. The molecule has 0 saturated carbocycles. The molecule has 0 saturated heterocycles. The summed E-state index contributed by atoms with van der Waals surface area (Å²) in [5.41, 5.74) is 6.56. The third kappa shape index (κ3) is 2.66. The Labute approximate surface area is 78.1 Å². The maximum absolute atomic E-state index is 5.65. The maximum Gasteiger partial charge on any atom is 0.133 e. The van der Waals surface area contributed by atoms with Gasteiger partial charge in [0.05, 0.1) is 6.10 Å². The van der Waals surface area contributed by atoms with Crippen LogP contribution in [0.3, 0.4) is 0 Å². The first-order valence-corrected chi connectivity index (χ1v) is 4.24. The highest BCUT2D eigenvalue weighted by Crippen LogP contribution is 2.06. The molecule has 72 valence electrons. The van der Waals surface area contributed by atoms with E-state index in [0.29, 0.717) is 12.2 Å². The highest BCUT2D eigenvalue weighted by molar-refractivity contribution is 5.35. The van der Waals surface area contributed by atoms with Crippen molar-refractivity contribution < 1.29 is 4.74 Å². The van der Waals surface area contributed by atoms with Gasteiger partial charge in [0.15, 0.2) is 0 Å². The summed E-state index contributed by atoms with van der Waals surface area (Å²) in [5.74, 6) is 1.28. The monoisotopic (exact) mass is 181 g/mol. The third-order valence-electron chi connectivity index (χ3n) is 1.93. The minimum Gasteiger partial charge on any atom is -0.383 e. The van der Waals surface area contributed by atoms with Gasteiger partial charge in [-0.2, -0.15) is 0 Å². The van der Waals surface area contributed by atoms with E-state index in [1.165, 1.54) is 0 Å². The van der Waals surface area contributed by atoms with E-state index in [-0.39, 0.29) is 6.10 Å². The smallest absolute Gasteiger partial charge is 0.133 e. The number of aryl methyl sites for hydroxylation is 1. The van der Waals surface area contributed by atoms with E-state index in [4.69, 9.17) is 10.5 Å². The summed E-state index contributed by atoms with van der Waals surface area (Å²) in [7, 11) is 1.67. The SMILES string of the molecule is COC(C)Cc1ncc(C)c(N)n1. The molecular formula is C9H15N3O. The third-order valence-corrected chi connectivity index (χ3v) is 1.93. The molecule has 4 nitrogen and oxygen atoms in total. The fourth-order valence-corrected chi connectivity index (χ4v) is 0.932. The van der Waals surface area contributed by atoms with Crippen LogP contribution in [0.2, 0.25) is 0 Å². The van der Waals surface area contributed by atoms with Crippen LogP contribution in [0.1, 0.15) is 18.3 Å². The molecule has 0 amide bonds. The lowest BCUT2D eigenvalue weighted by Gasteiger charge is -2.08. The van der Waals surface area contributed by atoms with Gasteiger partial charge in [-0.05, 0) is 13.8 Å². The molecule has 4 heteroatoms. The minimum absolute atomic E-state index is 0.127. The number of ether oxygens (including phenoxy) is 1. The van der Waals surface area contributed by atoms with E-state index in [1.807, 2.05) is 13.8 Å². The number of aromatic nitrogens is 2. The molecule has 0 spiro atoms. The average molecular weight is 181 g/mol. The van der Waals surface area contributed by atoms with Gasteiger partial charge in [-0.3, -0.25) is 0 Å². The van der Waals surface area contributed by atoms with Crippen LogP contribution in [-0.2, 0) is 11.2 Å². The van der Waals surface area contributed by atoms with E-state index in [9.17, 15) is 0 Å². The van der Waals surface area contributed by atoms with E-state index >= 15 is 0 Å². The van der Waals surface area contributed by atoms with Crippen LogP contribution in [0.5, 0.6) is 0 Å². The van der Waals surface area contributed by atoms with Crippen molar-refractivity contribution in [3.05, 3.63) is 17.6 Å². The van der Waals surface area contributed by atoms with E-state index in [0.717, 1.165) is 11.4 Å². The van der Waals surface area contributed by atoms with Crippen molar-refractivity contribution >= 4 is 5.82 Å². The van der Waals surface area contributed by atoms with Gasteiger partial charge in [-0.1, -0.05) is 0 Å². The lowest BCUT2D eigenvalue weighted by atomic mass is 10.2. The number of hydrogen-bond acceptors (Lipinski definition) is 4. The zero-order valence-electron chi connectivity index (χ0n) is 8.24. The topological polar surface area (TPSA) is 61.0 Å². The second kappa shape index (κ2) is 4.18. The van der Waals surface area contributed by atoms with Gasteiger partial charge in [0, 0.05) is 25.3 Å². The summed E-state index contributed by atoms with van der Waals surface area (Å²) in [5, 5.41) is 0. The number of methoxy groups -OCH3 is 1. The van der Waals surface area contributed by atoms with Crippen molar-refractivity contribution in [1.82, 2.24) is 9.97 Å². The zero-order valence-corrected chi connectivity index (χ0v) is 8.24. The number of nitrogens with zero attached hydrogens (tertiary/aromatic N) is 2. The normalized spacial score (nSPS) is 12.8. The molecule has 1 aromatic rings. The Morgan fingerprint density at radius 3 is 2.85 bits per heavy atom. The first-order valence-electron chi connectivity index (χ1n) is 4.24. The predicted octanol–water partition coefficient (Wildman–Crippen LogP) is 0.945. The van der Waals surface area contributed by atoms with Crippen molar-refractivity contribution in [1.29, 1.82) is 0 Å². The summed E-state index contributed by atoms with van der Waals surface area (Å²) < 4.78 is 5.10. The molecular weight excluding hydrogens is 166 g/mol. The Morgan fingerprint density at radius 1 is 1.62 bits per heavy atom. The molecule has 1 atom stereocenters. The fraction of sp³-hybridized carbons (Fsp3) is 0.556. The highest BCUT2D eigenvalue weighted by Gasteiger charge is 2.05. The molecule has 0 aliphatic heterocycles. The number of rotatable bonds is 3. The summed E-state index contributed by atoms with van der Waals surface area (Å²) in [4.78, 5) is 8.30. The van der Waals surface area contributed by atoms with Crippen LogP contribution < -0.4 is 5.73 Å². The van der Waals surface area contributed by atoms with Crippen LogP contribution in [0, 0.1) is 6.92 Å². The van der Waals surface area contributed by atoms with Crippen LogP contribution in [-0.4, -0.2) is 23.2 Å². The lowest BCUT2D eigenvalue weighted by molar-refractivity contribution is 0.117. The Balaban J connectivity index is 2.73. The first kappa shape index (κ1) is 9.92. The van der Waals surface area contributed by atoms with Crippen LogP contribution in [0.15, 0.2) is 6.20 Å². The Bertz CT molecular complexity index is 288. The number of nitrogens with two attached hydrogens (primary N) is 1. The fourth-order valence-electron chi connectivity index (χ4n) is 0.932. The molecule has 1 aromatic heterocycles. The van der Waals surface area contributed by atoms with Crippen molar-refractivity contribution in [2.45, 2.75) is 26.4 Å². The Kier molecular flexibility index (Phi) is 3.19. The van der Waals surface area contributed by atoms with E-state index < -0.39 is 0 Å². The molecule has 0 aliphatic rings. The van der Waals surface area contributed by atoms with Crippen molar-refractivity contribution in [3.63, 3.8) is 0 Å². The van der Waals surface area contributed by atoms with Gasteiger partial charge >= 0.3 is 0 Å². The molecule has 13 heavy (non-hydrogen) atoms. The van der Waals surface area contributed by atoms with Gasteiger partial charge in [0.25, 0.3) is 0 Å². The summed E-state index contributed by atoms with van der Waals surface area (Å²) in [6.45, 7) is 3.86. The average Bonchev–Trinajstić information content (AvgIpc) is 2.11. The molecule has 0 aliphatic carbocycles. The Hall–Kier alpha value is -1.16. The zero-order chi connectivity index (χ0) is 9.84. The molecule has 0 bridgehead atoms. The van der Waals surface area contributed by atoms with Gasteiger partial charge in [-0.15, -0.1) is 0 Å². The molecule has 1 heterocycles. The van der Waals surface area contributed by atoms with E-state index in [1.54, 1.807) is 13.3 Å². The molecule has 2 N–H and O–H groups in total. The summed E-state index contributed by atoms with van der Waals surface area (Å²) >= 11 is 0. The minimum atomic E-state index is 0.127. The summed E-state index contributed by atoms with van der Waals surface area (Å²) in [6, 6.07) is 0. The molecule has 0 fully saturated rings. The number of hydrogen-bond donors (Lipinski definition) is 1. The molecule has 1 rings (SSSR count). The van der Waals surface area contributed by atoms with Gasteiger partial charge in [0.2, 0.25) is 0 Å². The van der Waals surface area contributed by atoms with Crippen LogP contribution in [0.25, 0.3) is 0 Å². The lowest BCUT2D eigenvalue weighted by Crippen LogP contribution is -2.12. The van der Waals surface area contributed by atoms with Gasteiger partial charge in [-0.25, -0.2) is 9.97 Å². The molecule has 0 radical (unpaired) electrons. The molecule has 1 unspecified atom stereocenters. The largest absolute Gasteiger partial charge is 0.383 e. The van der Waals surface area contributed by atoms with Gasteiger partial charge < -0.3 is 10.5 Å². The second-order valence-corrected chi connectivity index (χ2v) is 3.10. The number of nitrogen functional groups attached to an aromatic ring is 1. The van der Waals surface area contributed by atoms with Crippen LogP contribution in [0.4, 0.5) is 5.82 Å². The number of anilines is 1. The molecule has 0 aromatic carbocycles. The quantitative estimate of drug-likeness (QED) is 0.754. The van der Waals surface area contributed by atoms with Crippen molar-refractivity contribution in [2.24, 2.45) is 0 Å².